The van der Waals surface area contributed by atoms with Gasteiger partial charge < -0.3 is 20.2 Å². The number of hydrogen-bond donors (Lipinski definition) is 4. The summed E-state index contributed by atoms with van der Waals surface area (Å²) >= 11 is 0. The van der Waals surface area contributed by atoms with Gasteiger partial charge in [0.25, 0.3) is 0 Å². The fraction of sp³-hybridized carbons (Fsp3) is 0.500. The molecule has 23 heavy (non-hydrogen) atoms. The largest absolute Gasteiger partial charge is 0.463 e. The summed E-state index contributed by atoms with van der Waals surface area (Å²) in [7, 11) is 0. The quantitative estimate of drug-likeness (QED) is 0.584. The first-order chi connectivity index (χ1) is 10.9. The molecule has 2 amide bonds. The molecule has 0 bridgehead atoms. The molecular formula is C16H24N4O3. The number of aliphatic hydroxyl groups is 1. The molecular weight excluding hydrogens is 296 g/mol. The Hall–Kier alpha value is -2.28. The van der Waals surface area contributed by atoms with Gasteiger partial charge in [0.15, 0.2) is 0 Å². The van der Waals surface area contributed by atoms with Gasteiger partial charge in [0, 0.05) is 12.2 Å². The van der Waals surface area contributed by atoms with Crippen molar-refractivity contribution in [3.63, 3.8) is 0 Å². The SMILES string of the molecule is Cc1ccc(C(C)(O)CNC(=O)NCCCc2cn[nH]c2C)o1. The molecule has 0 spiro atoms. The first-order valence-corrected chi connectivity index (χ1v) is 7.68. The van der Waals surface area contributed by atoms with Crippen LogP contribution in [0.2, 0.25) is 0 Å². The van der Waals surface area contributed by atoms with Crippen molar-refractivity contribution >= 4 is 6.03 Å². The number of aromatic amines is 1. The van der Waals surface area contributed by atoms with Gasteiger partial charge in [-0.3, -0.25) is 5.10 Å². The number of aromatic nitrogens is 2. The molecule has 0 saturated carbocycles. The van der Waals surface area contributed by atoms with Crippen LogP contribution in [-0.4, -0.2) is 34.4 Å². The number of urea groups is 1. The normalized spacial score (nSPS) is 13.6. The van der Waals surface area contributed by atoms with Crippen LogP contribution in [0.3, 0.4) is 0 Å². The van der Waals surface area contributed by atoms with Gasteiger partial charge in [0.1, 0.15) is 17.1 Å². The predicted molar refractivity (Wildman–Crippen MR) is 86.1 cm³/mol. The zero-order valence-electron chi connectivity index (χ0n) is 13.8. The van der Waals surface area contributed by atoms with E-state index in [4.69, 9.17) is 4.42 Å². The Kier molecular flexibility index (Phi) is 5.44. The van der Waals surface area contributed by atoms with Crippen molar-refractivity contribution in [2.45, 2.75) is 39.2 Å². The summed E-state index contributed by atoms with van der Waals surface area (Å²) in [5, 5.41) is 22.6. The van der Waals surface area contributed by atoms with Gasteiger partial charge in [-0.1, -0.05) is 0 Å². The number of carbonyl (C=O) groups excluding carboxylic acids is 1. The molecule has 7 nitrogen and oxygen atoms in total. The number of amides is 2. The lowest BCUT2D eigenvalue weighted by atomic mass is 10.0. The Balaban J connectivity index is 1.68. The van der Waals surface area contributed by atoms with Crippen LogP contribution in [-0.2, 0) is 12.0 Å². The van der Waals surface area contributed by atoms with Gasteiger partial charge in [-0.15, -0.1) is 0 Å². The number of nitrogens with one attached hydrogen (secondary N) is 3. The van der Waals surface area contributed by atoms with Crippen LogP contribution in [0.25, 0.3) is 0 Å². The fourth-order valence-corrected chi connectivity index (χ4v) is 2.23. The summed E-state index contributed by atoms with van der Waals surface area (Å²) in [6.45, 7) is 6.01. The zero-order valence-corrected chi connectivity index (χ0v) is 13.8. The van der Waals surface area contributed by atoms with Gasteiger partial charge in [-0.05, 0) is 51.3 Å². The number of carbonyl (C=O) groups is 1. The maximum absolute atomic E-state index is 11.8. The Bertz CT molecular complexity index is 645. The second-order valence-corrected chi connectivity index (χ2v) is 5.92. The van der Waals surface area contributed by atoms with Crippen molar-refractivity contribution < 1.29 is 14.3 Å². The van der Waals surface area contributed by atoms with Crippen LogP contribution in [0.15, 0.2) is 22.7 Å². The van der Waals surface area contributed by atoms with Crippen molar-refractivity contribution in [3.8, 4) is 0 Å². The van der Waals surface area contributed by atoms with E-state index in [1.54, 1.807) is 32.2 Å². The average Bonchev–Trinajstić information content (AvgIpc) is 3.11. The van der Waals surface area contributed by atoms with E-state index < -0.39 is 5.60 Å². The molecule has 0 fully saturated rings. The molecule has 0 aliphatic carbocycles. The highest BCUT2D eigenvalue weighted by molar-refractivity contribution is 5.73. The number of hydrogen-bond acceptors (Lipinski definition) is 4. The lowest BCUT2D eigenvalue weighted by Gasteiger charge is -2.21. The van der Waals surface area contributed by atoms with Gasteiger partial charge in [-0.2, -0.15) is 5.10 Å². The Morgan fingerprint density at radius 3 is 2.78 bits per heavy atom. The Labute approximate surface area is 135 Å². The van der Waals surface area contributed by atoms with Crippen LogP contribution in [0, 0.1) is 13.8 Å². The van der Waals surface area contributed by atoms with Crippen LogP contribution in [0.4, 0.5) is 4.79 Å². The lowest BCUT2D eigenvalue weighted by Crippen LogP contribution is -2.43. The summed E-state index contributed by atoms with van der Waals surface area (Å²) in [5.41, 5.74) is 0.974. The highest BCUT2D eigenvalue weighted by Gasteiger charge is 2.27. The lowest BCUT2D eigenvalue weighted by molar-refractivity contribution is 0.0360. The number of H-pyrrole nitrogens is 1. The third-order valence-corrected chi connectivity index (χ3v) is 3.71. The highest BCUT2D eigenvalue weighted by atomic mass is 16.4. The summed E-state index contributed by atoms with van der Waals surface area (Å²) < 4.78 is 5.40. The molecule has 0 aromatic carbocycles. The first kappa shape index (κ1) is 17.1. The smallest absolute Gasteiger partial charge is 0.314 e. The van der Waals surface area contributed by atoms with Gasteiger partial charge in [0.05, 0.1) is 12.7 Å². The molecule has 2 aromatic heterocycles. The summed E-state index contributed by atoms with van der Waals surface area (Å²) in [4.78, 5) is 11.8. The van der Waals surface area contributed by atoms with Gasteiger partial charge in [-0.25, -0.2) is 4.79 Å². The molecule has 0 aliphatic heterocycles. The average molecular weight is 320 g/mol. The predicted octanol–water partition coefficient (Wildman–Crippen LogP) is 1.76. The summed E-state index contributed by atoms with van der Waals surface area (Å²) in [6.07, 6.45) is 3.48. The van der Waals surface area contributed by atoms with Crippen LogP contribution in [0.1, 0.15) is 36.1 Å². The van der Waals surface area contributed by atoms with E-state index >= 15 is 0 Å². The monoisotopic (exact) mass is 320 g/mol. The van der Waals surface area contributed by atoms with Crippen molar-refractivity contribution in [1.29, 1.82) is 0 Å². The molecule has 1 unspecified atom stereocenters. The topological polar surface area (TPSA) is 103 Å². The van der Waals surface area contributed by atoms with Gasteiger partial charge in [0.2, 0.25) is 0 Å². The second-order valence-electron chi connectivity index (χ2n) is 5.92. The molecule has 7 heteroatoms. The van der Waals surface area contributed by atoms with Crippen molar-refractivity contribution in [1.82, 2.24) is 20.8 Å². The minimum atomic E-state index is -1.24. The molecule has 126 valence electrons. The minimum Gasteiger partial charge on any atom is -0.463 e. The van der Waals surface area contributed by atoms with Crippen molar-refractivity contribution in [2.75, 3.05) is 13.1 Å². The molecule has 4 N–H and O–H groups in total. The van der Waals surface area contributed by atoms with E-state index in [9.17, 15) is 9.90 Å². The number of rotatable bonds is 7. The third-order valence-electron chi connectivity index (χ3n) is 3.71. The zero-order chi connectivity index (χ0) is 16.9. The Morgan fingerprint density at radius 1 is 1.39 bits per heavy atom. The van der Waals surface area contributed by atoms with E-state index in [0.717, 1.165) is 29.9 Å². The second kappa shape index (κ2) is 7.32. The molecule has 0 radical (unpaired) electrons. The van der Waals surface area contributed by atoms with E-state index in [1.165, 1.54) is 0 Å². The van der Waals surface area contributed by atoms with Crippen LogP contribution in [0.5, 0.6) is 0 Å². The van der Waals surface area contributed by atoms with E-state index in [1.807, 2.05) is 6.92 Å². The highest BCUT2D eigenvalue weighted by Crippen LogP contribution is 2.21. The molecule has 1 atom stereocenters. The van der Waals surface area contributed by atoms with Crippen LogP contribution < -0.4 is 10.6 Å². The number of aryl methyl sites for hydroxylation is 3. The standard InChI is InChI=1S/C16H24N4O3/c1-11-6-7-14(23-11)16(3,22)10-18-15(21)17-8-4-5-13-9-19-20-12(13)2/h6-7,9,22H,4-5,8,10H2,1-3H3,(H,19,20)(H2,17,18,21). The van der Waals surface area contributed by atoms with E-state index in [2.05, 4.69) is 20.8 Å². The number of furan rings is 1. The molecule has 0 saturated heterocycles. The third kappa shape index (κ3) is 4.85. The first-order valence-electron chi connectivity index (χ1n) is 7.68. The molecule has 2 aromatic rings. The van der Waals surface area contributed by atoms with Crippen molar-refractivity contribution in [3.05, 3.63) is 41.1 Å². The molecule has 2 heterocycles. The molecule has 2 rings (SSSR count). The van der Waals surface area contributed by atoms with Crippen LogP contribution >= 0.6 is 0 Å². The fourth-order valence-electron chi connectivity index (χ4n) is 2.23. The van der Waals surface area contributed by atoms with Crippen molar-refractivity contribution in [2.24, 2.45) is 0 Å². The minimum absolute atomic E-state index is 0.0760. The number of nitrogens with zero attached hydrogens (tertiary/aromatic N) is 1. The molecule has 0 aliphatic rings. The van der Waals surface area contributed by atoms with E-state index in [0.29, 0.717) is 12.3 Å². The maximum Gasteiger partial charge on any atom is 0.314 e. The van der Waals surface area contributed by atoms with Gasteiger partial charge >= 0.3 is 6.03 Å². The van der Waals surface area contributed by atoms with E-state index in [-0.39, 0.29) is 12.6 Å². The Morgan fingerprint density at radius 2 is 2.17 bits per heavy atom. The maximum atomic E-state index is 11.8. The summed E-state index contributed by atoms with van der Waals surface area (Å²) in [6, 6.07) is 3.18. The summed E-state index contributed by atoms with van der Waals surface area (Å²) in [5.74, 6) is 1.16.